The average molecular weight is 885 g/mol. The van der Waals surface area contributed by atoms with Gasteiger partial charge in [0.15, 0.2) is 23.8 Å². The Morgan fingerprint density at radius 2 is 1.75 bits per heavy atom. The van der Waals surface area contributed by atoms with Gasteiger partial charge in [-0.3, -0.25) is 27.5 Å². The standard InChI is InChI=1S/C32H42N10O16P2/c33-18(7-4-9-36-32(46)52-12-17-5-2-1-3-6-17)30(44)57-26-21(56-29(25(26)43)42-16-39-24-27(35)37-15-38-28(24)42)14-54-60(50,51)58-19-11-23(41-10-8-22(34)40-31(41)45)55-20(19)13-53-59(47,48)49/h1-3,5-6,8,10,15-16,18-21,23,25-26,29,43H,4,7,9,11-14,33H2,(H,36,46)(H,50,51)(H2,34,40,45)(H2,35,37,38)(H2,47,48,49)/t18-,19+,20-,21+,23-,25-,26-,29-/m1/s1. The van der Waals surface area contributed by atoms with Crippen LogP contribution in [0.2, 0.25) is 0 Å². The molecule has 0 aliphatic carbocycles. The number of carbonyl (C=O) groups is 2. The molecule has 3 aromatic heterocycles. The molecule has 9 atom stereocenters. The molecule has 1 aromatic carbocycles. The maximum absolute atomic E-state index is 13.4. The number of amides is 1. The highest BCUT2D eigenvalue weighted by atomic mass is 31.2. The van der Waals surface area contributed by atoms with Gasteiger partial charge in [0, 0.05) is 19.2 Å². The van der Waals surface area contributed by atoms with E-state index in [1.165, 1.54) is 23.2 Å². The van der Waals surface area contributed by atoms with Gasteiger partial charge in [0.05, 0.1) is 19.5 Å². The van der Waals surface area contributed by atoms with Crippen LogP contribution < -0.4 is 28.2 Å². The summed E-state index contributed by atoms with van der Waals surface area (Å²) in [4.78, 5) is 82.9. The molecule has 0 radical (unpaired) electrons. The van der Waals surface area contributed by atoms with E-state index in [4.69, 9.17) is 45.2 Å². The molecule has 11 N–H and O–H groups in total. The first-order chi connectivity index (χ1) is 28.5. The van der Waals surface area contributed by atoms with Gasteiger partial charge >= 0.3 is 33.4 Å². The Morgan fingerprint density at radius 1 is 1.00 bits per heavy atom. The fourth-order valence-corrected chi connectivity index (χ4v) is 7.53. The number of aliphatic hydroxyl groups excluding tert-OH is 1. The van der Waals surface area contributed by atoms with Crippen LogP contribution in [-0.4, -0.2) is 117 Å². The molecule has 6 rings (SSSR count). The second-order valence-corrected chi connectivity index (χ2v) is 16.0. The van der Waals surface area contributed by atoms with E-state index in [9.17, 15) is 43.3 Å². The number of alkyl carbamates (subject to hydrolysis) is 1. The Morgan fingerprint density at radius 3 is 2.48 bits per heavy atom. The summed E-state index contributed by atoms with van der Waals surface area (Å²) in [7, 11) is -10.3. The number of hydrogen-bond acceptors (Lipinski definition) is 20. The summed E-state index contributed by atoms with van der Waals surface area (Å²) >= 11 is 0. The number of anilines is 2. The molecule has 0 saturated carbocycles. The Kier molecular flexibility index (Phi) is 14.3. The number of esters is 1. The molecule has 0 bridgehead atoms. The van der Waals surface area contributed by atoms with E-state index < -0.39 is 95.6 Å². The molecule has 2 aliphatic rings. The summed E-state index contributed by atoms with van der Waals surface area (Å²) < 4.78 is 64.7. The second-order valence-electron chi connectivity index (χ2n) is 13.4. The van der Waals surface area contributed by atoms with Crippen LogP contribution in [0.4, 0.5) is 16.4 Å². The number of nitrogens with two attached hydrogens (primary N) is 3. The average Bonchev–Trinajstić information content (AvgIpc) is 3.89. The van der Waals surface area contributed by atoms with Crippen molar-refractivity contribution in [3.63, 3.8) is 0 Å². The highest BCUT2D eigenvalue weighted by Crippen LogP contribution is 2.50. The van der Waals surface area contributed by atoms with E-state index in [1.807, 2.05) is 6.07 Å². The number of ether oxygens (including phenoxy) is 4. The Labute approximate surface area is 338 Å². The quantitative estimate of drug-likeness (QED) is 0.0349. The Bertz CT molecular complexity index is 2280. The van der Waals surface area contributed by atoms with Crippen LogP contribution in [0.15, 0.2) is 60.0 Å². The van der Waals surface area contributed by atoms with Crippen molar-refractivity contribution in [1.82, 2.24) is 34.4 Å². The summed E-state index contributed by atoms with van der Waals surface area (Å²) in [6.07, 6.45) is -7.45. The van der Waals surface area contributed by atoms with E-state index in [1.54, 1.807) is 24.3 Å². The Hall–Kier alpha value is -4.95. The maximum atomic E-state index is 13.4. The van der Waals surface area contributed by atoms with Gasteiger partial charge in [0.25, 0.3) is 0 Å². The smallest absolute Gasteiger partial charge is 0.455 e. The lowest BCUT2D eigenvalue weighted by atomic mass is 10.1. The lowest BCUT2D eigenvalue weighted by molar-refractivity contribution is -0.158. The van der Waals surface area contributed by atoms with E-state index >= 15 is 0 Å². The number of nitrogens with zero attached hydrogens (tertiary/aromatic N) is 6. The SMILES string of the molecule is Nc1ccn([C@H]2C[C@H](OP(=O)(O)OC[C@@H]3O[C@@H](n4cnc5c(N)ncnc54)[C@H](O)[C@@H]3OC(=O)[C@H](N)CCCNC(=O)OCc3ccccc3)[C@@H](COP(=O)(O)O)O2)c(=O)n1. The zero-order valence-corrected chi connectivity index (χ0v) is 33.1. The van der Waals surface area contributed by atoms with Crippen molar-refractivity contribution in [3.05, 3.63) is 71.3 Å². The Balaban J connectivity index is 1.11. The molecule has 26 nitrogen and oxygen atoms in total. The molecular formula is C32H42N10O16P2. The molecule has 326 valence electrons. The lowest BCUT2D eigenvalue weighted by Gasteiger charge is -2.24. The summed E-state index contributed by atoms with van der Waals surface area (Å²) in [5.41, 5.74) is 17.8. The number of nitrogens with one attached hydrogen (secondary N) is 1. The normalized spacial score (nSPS) is 24.5. The van der Waals surface area contributed by atoms with E-state index in [-0.39, 0.29) is 55.2 Å². The predicted octanol–water partition coefficient (Wildman–Crippen LogP) is -0.649. The molecule has 60 heavy (non-hydrogen) atoms. The zero-order valence-electron chi connectivity index (χ0n) is 31.3. The lowest BCUT2D eigenvalue weighted by Crippen LogP contribution is -2.43. The van der Waals surface area contributed by atoms with Crippen LogP contribution in [0.25, 0.3) is 11.2 Å². The number of phosphoric acid groups is 2. The number of carbonyl (C=O) groups excluding carboxylic acids is 2. The van der Waals surface area contributed by atoms with Gasteiger partial charge in [-0.05, 0) is 24.5 Å². The molecule has 5 heterocycles. The molecule has 1 amide bonds. The number of fused-ring (bicyclic) bond motifs is 1. The molecule has 2 saturated heterocycles. The third-order valence-electron chi connectivity index (χ3n) is 9.12. The van der Waals surface area contributed by atoms with E-state index in [0.29, 0.717) is 0 Å². The highest BCUT2D eigenvalue weighted by molar-refractivity contribution is 7.47. The van der Waals surface area contributed by atoms with Gasteiger partial charge in [0.2, 0.25) is 0 Å². The fraction of sp³-hybridized carbons (Fsp3) is 0.469. The number of imidazole rings is 1. The van der Waals surface area contributed by atoms with Crippen molar-refractivity contribution in [2.45, 2.75) is 74.9 Å². The molecule has 28 heteroatoms. The second kappa shape index (κ2) is 19.2. The first-order valence-electron chi connectivity index (χ1n) is 18.0. The van der Waals surface area contributed by atoms with Gasteiger partial charge in [-0.25, -0.2) is 33.7 Å². The van der Waals surface area contributed by atoms with Crippen molar-refractivity contribution in [2.24, 2.45) is 5.73 Å². The van der Waals surface area contributed by atoms with Crippen LogP contribution in [0, 0.1) is 0 Å². The van der Waals surface area contributed by atoms with Crippen molar-refractivity contribution in [2.75, 3.05) is 31.2 Å². The van der Waals surface area contributed by atoms with Crippen molar-refractivity contribution < 1.29 is 71.0 Å². The largest absolute Gasteiger partial charge is 0.472 e. The molecule has 0 spiro atoms. The first kappa shape index (κ1) is 44.6. The minimum atomic E-state index is -5.19. The summed E-state index contributed by atoms with van der Waals surface area (Å²) in [6, 6.07) is 9.03. The number of phosphoric ester groups is 2. The highest BCUT2D eigenvalue weighted by Gasteiger charge is 2.50. The monoisotopic (exact) mass is 884 g/mol. The van der Waals surface area contributed by atoms with Gasteiger partial charge in [0.1, 0.15) is 61.0 Å². The van der Waals surface area contributed by atoms with Crippen molar-refractivity contribution >= 4 is 50.5 Å². The minimum Gasteiger partial charge on any atom is -0.455 e. The van der Waals surface area contributed by atoms with Crippen LogP contribution in [0.5, 0.6) is 0 Å². The minimum absolute atomic E-state index is 0.0116. The van der Waals surface area contributed by atoms with Gasteiger partial charge in [-0.15, -0.1) is 0 Å². The molecule has 2 aliphatic heterocycles. The predicted molar refractivity (Wildman–Crippen MR) is 201 cm³/mol. The van der Waals surface area contributed by atoms with Crippen molar-refractivity contribution in [1.29, 1.82) is 0 Å². The number of aliphatic hydroxyl groups is 1. The number of benzene rings is 1. The number of hydrogen-bond donors (Lipinski definition) is 8. The maximum Gasteiger partial charge on any atom is 0.472 e. The van der Waals surface area contributed by atoms with Gasteiger partial charge < -0.3 is 61.3 Å². The molecule has 1 unspecified atom stereocenters. The summed E-state index contributed by atoms with van der Waals surface area (Å²) in [5, 5.41) is 14.0. The molecule has 4 aromatic rings. The molecule has 2 fully saturated rings. The van der Waals surface area contributed by atoms with Crippen LogP contribution in [-0.2, 0) is 53.1 Å². The van der Waals surface area contributed by atoms with Crippen molar-refractivity contribution in [3.8, 4) is 0 Å². The number of aromatic nitrogens is 6. The van der Waals surface area contributed by atoms with Gasteiger partial charge in [-0.1, -0.05) is 30.3 Å². The van der Waals surface area contributed by atoms with Crippen LogP contribution in [0.1, 0.15) is 37.3 Å². The van der Waals surface area contributed by atoms with Crippen LogP contribution in [0.3, 0.4) is 0 Å². The summed E-state index contributed by atoms with van der Waals surface area (Å²) in [6.45, 7) is -1.56. The number of rotatable bonds is 18. The molecular weight excluding hydrogens is 842 g/mol. The first-order valence-corrected chi connectivity index (χ1v) is 21.0. The fourth-order valence-electron chi connectivity index (χ4n) is 6.23. The third-order valence-corrected chi connectivity index (χ3v) is 10.6. The van der Waals surface area contributed by atoms with Crippen LogP contribution >= 0.6 is 15.6 Å². The van der Waals surface area contributed by atoms with Gasteiger partial charge in [-0.2, -0.15) is 4.98 Å². The third kappa shape index (κ3) is 11.4. The van der Waals surface area contributed by atoms with E-state index in [0.717, 1.165) is 16.5 Å². The van der Waals surface area contributed by atoms with E-state index in [2.05, 4.69) is 29.8 Å². The number of nitrogen functional groups attached to an aromatic ring is 2. The zero-order chi connectivity index (χ0) is 43.2. The topological polar surface area (TPSA) is 382 Å². The summed E-state index contributed by atoms with van der Waals surface area (Å²) in [5.74, 6) is -1.09.